The number of ether oxygens (including phenoxy) is 1. The lowest BCUT2D eigenvalue weighted by molar-refractivity contribution is 0.154. The van der Waals surface area contributed by atoms with Crippen molar-refractivity contribution >= 4 is 27.0 Å². The number of rotatable bonds is 8. The second-order valence-electron chi connectivity index (χ2n) is 7.10. The van der Waals surface area contributed by atoms with Gasteiger partial charge in [0.2, 0.25) is 5.88 Å². The number of piperidine rings is 1. The van der Waals surface area contributed by atoms with Crippen molar-refractivity contribution in [3.8, 4) is 5.88 Å². The van der Waals surface area contributed by atoms with Crippen LogP contribution < -0.4 is 20.7 Å². The predicted molar refractivity (Wildman–Crippen MR) is 111 cm³/mol. The number of anilines is 3. The third-order valence-electron chi connectivity index (χ3n) is 4.63. The molecular formula is C19H26FN5O3S. The van der Waals surface area contributed by atoms with Crippen LogP contribution in [-0.4, -0.2) is 56.1 Å². The number of nitrogens with one attached hydrogen (secondary N) is 3. The van der Waals surface area contributed by atoms with E-state index in [4.69, 9.17) is 4.74 Å². The molecule has 8 nitrogen and oxygen atoms in total. The molecule has 0 unspecified atom stereocenters. The van der Waals surface area contributed by atoms with Crippen LogP contribution >= 0.6 is 0 Å². The Labute approximate surface area is 170 Å². The van der Waals surface area contributed by atoms with Gasteiger partial charge in [-0.05, 0) is 51.1 Å². The van der Waals surface area contributed by atoms with Crippen LogP contribution in [0.2, 0.25) is 0 Å². The van der Waals surface area contributed by atoms with Crippen molar-refractivity contribution in [3.05, 3.63) is 35.9 Å². The van der Waals surface area contributed by atoms with Crippen LogP contribution in [-0.2, 0) is 9.84 Å². The number of hydrogen-bond acceptors (Lipinski definition) is 8. The quantitative estimate of drug-likeness (QED) is 0.594. The summed E-state index contributed by atoms with van der Waals surface area (Å²) >= 11 is 0. The number of sulfone groups is 1. The van der Waals surface area contributed by atoms with Gasteiger partial charge in [-0.15, -0.1) is 0 Å². The summed E-state index contributed by atoms with van der Waals surface area (Å²) < 4.78 is 42.9. The highest BCUT2D eigenvalue weighted by molar-refractivity contribution is 7.90. The summed E-state index contributed by atoms with van der Waals surface area (Å²) in [6.07, 6.45) is 4.48. The minimum atomic E-state index is -3.07. The van der Waals surface area contributed by atoms with Crippen molar-refractivity contribution in [1.29, 1.82) is 0 Å². The summed E-state index contributed by atoms with van der Waals surface area (Å²) in [5, 5.41) is 9.17. The van der Waals surface area contributed by atoms with Gasteiger partial charge in [0.25, 0.3) is 0 Å². The van der Waals surface area contributed by atoms with E-state index in [1.54, 1.807) is 12.1 Å². The standard InChI is InChI=1S/C19H26FN5O3S/c1-13-18(23-12-24-19(13)28-15-5-7-21-8-6-15)25-17-4-3-14(11-16(17)20)22-9-10-29(2,26)27/h3-4,11-12,15,21-22H,5-10H2,1-2H3,(H,23,24,25). The number of halogens is 1. The normalized spacial score (nSPS) is 15.1. The van der Waals surface area contributed by atoms with E-state index in [2.05, 4.69) is 25.9 Å². The lowest BCUT2D eigenvalue weighted by Crippen LogP contribution is -2.34. The molecule has 0 radical (unpaired) electrons. The Hall–Kier alpha value is -2.46. The highest BCUT2D eigenvalue weighted by Gasteiger charge is 2.18. The van der Waals surface area contributed by atoms with E-state index in [0.29, 0.717) is 22.9 Å². The maximum Gasteiger partial charge on any atom is 0.221 e. The number of aromatic nitrogens is 2. The molecule has 1 aromatic carbocycles. The molecule has 1 aliphatic rings. The van der Waals surface area contributed by atoms with Crippen LogP contribution in [0, 0.1) is 12.7 Å². The molecule has 0 spiro atoms. The zero-order valence-electron chi connectivity index (χ0n) is 16.5. The first kappa shape index (κ1) is 21.3. The Morgan fingerprint density at radius 1 is 1.28 bits per heavy atom. The second-order valence-corrected chi connectivity index (χ2v) is 9.36. The van der Waals surface area contributed by atoms with E-state index in [0.717, 1.165) is 32.2 Å². The number of benzene rings is 1. The molecule has 0 saturated carbocycles. The third-order valence-corrected chi connectivity index (χ3v) is 5.57. The Balaban J connectivity index is 1.67. The fourth-order valence-electron chi connectivity index (χ4n) is 2.98. The summed E-state index contributed by atoms with van der Waals surface area (Å²) in [6, 6.07) is 4.57. The van der Waals surface area contributed by atoms with Crippen LogP contribution in [0.1, 0.15) is 18.4 Å². The van der Waals surface area contributed by atoms with Crippen LogP contribution in [0.3, 0.4) is 0 Å². The van der Waals surface area contributed by atoms with Gasteiger partial charge in [-0.2, -0.15) is 0 Å². The van der Waals surface area contributed by atoms with Crippen molar-refractivity contribution in [1.82, 2.24) is 15.3 Å². The molecule has 0 aliphatic carbocycles. The van der Waals surface area contributed by atoms with E-state index in [1.165, 1.54) is 12.4 Å². The SMILES string of the molecule is Cc1c(Nc2ccc(NCCS(C)(=O)=O)cc2F)ncnc1OC1CCNCC1. The Bertz CT molecular complexity index is 949. The average molecular weight is 424 g/mol. The van der Waals surface area contributed by atoms with Crippen molar-refractivity contribution in [2.24, 2.45) is 0 Å². The third kappa shape index (κ3) is 6.26. The van der Waals surface area contributed by atoms with Gasteiger partial charge in [0.1, 0.15) is 33.9 Å². The molecule has 29 heavy (non-hydrogen) atoms. The minimum absolute atomic E-state index is 0.0193. The first-order valence-corrected chi connectivity index (χ1v) is 11.5. The molecule has 2 aromatic rings. The Kier molecular flexibility index (Phi) is 6.86. The molecule has 1 fully saturated rings. The maximum absolute atomic E-state index is 14.5. The molecule has 2 heterocycles. The highest BCUT2D eigenvalue weighted by atomic mass is 32.2. The molecule has 1 aliphatic heterocycles. The van der Waals surface area contributed by atoms with E-state index >= 15 is 0 Å². The van der Waals surface area contributed by atoms with Crippen molar-refractivity contribution in [2.45, 2.75) is 25.9 Å². The summed E-state index contributed by atoms with van der Waals surface area (Å²) in [7, 11) is -3.07. The van der Waals surface area contributed by atoms with E-state index < -0.39 is 15.7 Å². The fourth-order valence-corrected chi connectivity index (χ4v) is 3.46. The lowest BCUT2D eigenvalue weighted by Gasteiger charge is -2.24. The van der Waals surface area contributed by atoms with E-state index in [1.807, 2.05) is 6.92 Å². The predicted octanol–water partition coefficient (Wildman–Crippen LogP) is 2.26. The van der Waals surface area contributed by atoms with Gasteiger partial charge < -0.3 is 20.7 Å². The van der Waals surface area contributed by atoms with Crippen LogP contribution in [0.25, 0.3) is 0 Å². The number of hydrogen-bond donors (Lipinski definition) is 3. The lowest BCUT2D eigenvalue weighted by atomic mass is 10.1. The Morgan fingerprint density at radius 3 is 2.72 bits per heavy atom. The smallest absolute Gasteiger partial charge is 0.221 e. The monoisotopic (exact) mass is 423 g/mol. The highest BCUT2D eigenvalue weighted by Crippen LogP contribution is 2.28. The van der Waals surface area contributed by atoms with Gasteiger partial charge in [0.05, 0.1) is 17.0 Å². The largest absolute Gasteiger partial charge is 0.474 e. The van der Waals surface area contributed by atoms with Crippen LogP contribution in [0.5, 0.6) is 5.88 Å². The maximum atomic E-state index is 14.5. The zero-order valence-corrected chi connectivity index (χ0v) is 17.4. The van der Waals surface area contributed by atoms with Crippen molar-refractivity contribution in [2.75, 3.05) is 42.3 Å². The van der Waals surface area contributed by atoms with Crippen molar-refractivity contribution in [3.63, 3.8) is 0 Å². The first-order chi connectivity index (χ1) is 13.8. The summed E-state index contributed by atoms with van der Waals surface area (Å²) in [4.78, 5) is 8.42. The average Bonchev–Trinajstić information content (AvgIpc) is 2.67. The Morgan fingerprint density at radius 2 is 2.03 bits per heavy atom. The molecule has 3 rings (SSSR count). The van der Waals surface area contributed by atoms with Crippen molar-refractivity contribution < 1.29 is 17.5 Å². The molecule has 1 aromatic heterocycles. The van der Waals surface area contributed by atoms with E-state index in [-0.39, 0.29) is 24.1 Å². The van der Waals surface area contributed by atoms with Crippen LogP contribution in [0.15, 0.2) is 24.5 Å². The van der Waals surface area contributed by atoms with Gasteiger partial charge in [-0.1, -0.05) is 0 Å². The van der Waals surface area contributed by atoms with E-state index in [9.17, 15) is 12.8 Å². The molecule has 0 atom stereocenters. The molecule has 0 bridgehead atoms. The summed E-state index contributed by atoms with van der Waals surface area (Å²) in [6.45, 7) is 3.87. The zero-order chi connectivity index (χ0) is 20.9. The minimum Gasteiger partial charge on any atom is -0.474 e. The van der Waals surface area contributed by atoms with Gasteiger partial charge in [-0.3, -0.25) is 0 Å². The molecule has 1 saturated heterocycles. The molecule has 0 amide bonds. The first-order valence-electron chi connectivity index (χ1n) is 9.49. The molecule has 3 N–H and O–H groups in total. The van der Waals surface area contributed by atoms with Gasteiger partial charge >= 0.3 is 0 Å². The van der Waals surface area contributed by atoms with Gasteiger partial charge in [0, 0.05) is 18.5 Å². The van der Waals surface area contributed by atoms with Crippen LogP contribution in [0.4, 0.5) is 21.6 Å². The second kappa shape index (κ2) is 9.36. The molecular weight excluding hydrogens is 397 g/mol. The van der Waals surface area contributed by atoms with Gasteiger partial charge in [-0.25, -0.2) is 22.8 Å². The fraction of sp³-hybridized carbons (Fsp3) is 0.474. The molecule has 158 valence electrons. The number of nitrogens with zero attached hydrogens (tertiary/aromatic N) is 2. The summed E-state index contributed by atoms with van der Waals surface area (Å²) in [5.41, 5.74) is 1.47. The molecule has 10 heteroatoms. The van der Waals surface area contributed by atoms with Gasteiger partial charge in [0.15, 0.2) is 0 Å². The summed E-state index contributed by atoms with van der Waals surface area (Å²) in [5.74, 6) is 0.469. The topological polar surface area (TPSA) is 105 Å².